The van der Waals surface area contributed by atoms with E-state index in [-0.39, 0.29) is 17.9 Å². The van der Waals surface area contributed by atoms with Gasteiger partial charge < -0.3 is 10.5 Å². The third kappa shape index (κ3) is 2.61. The molecule has 104 valence electrons. The number of methoxy groups -OCH3 is 1. The van der Waals surface area contributed by atoms with Crippen LogP contribution in [0.2, 0.25) is 0 Å². The molecule has 0 fully saturated rings. The van der Waals surface area contributed by atoms with Crippen molar-refractivity contribution in [1.29, 1.82) is 0 Å². The first kappa shape index (κ1) is 14.0. The van der Waals surface area contributed by atoms with Crippen molar-refractivity contribution in [2.75, 3.05) is 12.8 Å². The third-order valence-electron chi connectivity index (χ3n) is 3.18. The van der Waals surface area contributed by atoms with E-state index in [1.165, 1.54) is 0 Å². The Labute approximate surface area is 117 Å². The fraction of sp³-hybridized carbons (Fsp3) is 0.267. The molecule has 2 N–H and O–H groups in total. The lowest BCUT2D eigenvalue weighted by Gasteiger charge is -2.12. The number of carbonyl (C=O) groups is 1. The Kier molecular flexibility index (Phi) is 3.98. The Morgan fingerprint density at radius 2 is 2.10 bits per heavy atom. The minimum absolute atomic E-state index is 0.149. The Morgan fingerprint density at radius 1 is 1.35 bits per heavy atom. The van der Waals surface area contributed by atoms with Crippen LogP contribution >= 0.6 is 0 Å². The number of ether oxygens (including phenoxy) is 1. The van der Waals surface area contributed by atoms with Crippen molar-refractivity contribution < 1.29 is 9.53 Å². The van der Waals surface area contributed by atoms with Crippen LogP contribution in [0.15, 0.2) is 24.5 Å². The molecule has 5 nitrogen and oxygen atoms in total. The van der Waals surface area contributed by atoms with Crippen LogP contribution in [0.1, 0.15) is 27.3 Å². The zero-order chi connectivity index (χ0) is 14.7. The van der Waals surface area contributed by atoms with E-state index in [1.54, 1.807) is 31.6 Å². The average Bonchev–Trinajstić information content (AvgIpc) is 2.43. The van der Waals surface area contributed by atoms with Gasteiger partial charge >= 0.3 is 0 Å². The number of nitrogen functional groups attached to an aromatic ring is 1. The van der Waals surface area contributed by atoms with Gasteiger partial charge in [0, 0.05) is 23.5 Å². The average molecular weight is 271 g/mol. The van der Waals surface area contributed by atoms with E-state index >= 15 is 0 Å². The van der Waals surface area contributed by atoms with E-state index in [2.05, 4.69) is 9.97 Å². The molecule has 2 heterocycles. The standard InChI is InChI=1S/C15H17N3O2/c1-9-8-18-12(10(2)15(9)20-3)7-13(19)14-11(16)5-4-6-17-14/h4-6,8H,7,16H2,1-3H3. The minimum atomic E-state index is -0.149. The molecular weight excluding hydrogens is 254 g/mol. The van der Waals surface area contributed by atoms with Crippen molar-refractivity contribution in [3.63, 3.8) is 0 Å². The number of ketones is 1. The SMILES string of the molecule is COc1c(C)cnc(CC(=O)c2ncccc2N)c1C. The first-order valence-electron chi connectivity index (χ1n) is 6.27. The summed E-state index contributed by atoms with van der Waals surface area (Å²) >= 11 is 0. The van der Waals surface area contributed by atoms with Gasteiger partial charge in [-0.3, -0.25) is 14.8 Å². The van der Waals surface area contributed by atoms with Gasteiger partial charge in [0.15, 0.2) is 5.78 Å². The van der Waals surface area contributed by atoms with Crippen LogP contribution in [0, 0.1) is 13.8 Å². The van der Waals surface area contributed by atoms with Crippen molar-refractivity contribution in [2.45, 2.75) is 20.3 Å². The number of anilines is 1. The summed E-state index contributed by atoms with van der Waals surface area (Å²) in [6.45, 7) is 3.81. The van der Waals surface area contributed by atoms with Crippen molar-refractivity contribution in [1.82, 2.24) is 9.97 Å². The van der Waals surface area contributed by atoms with Gasteiger partial charge in [-0.15, -0.1) is 0 Å². The molecule has 20 heavy (non-hydrogen) atoms. The fourth-order valence-corrected chi connectivity index (χ4v) is 2.14. The lowest BCUT2D eigenvalue weighted by atomic mass is 10.0. The smallest absolute Gasteiger partial charge is 0.189 e. The fourth-order valence-electron chi connectivity index (χ4n) is 2.14. The summed E-state index contributed by atoms with van der Waals surface area (Å²) in [5, 5.41) is 0. The van der Waals surface area contributed by atoms with Gasteiger partial charge in [-0.2, -0.15) is 0 Å². The molecule has 0 saturated heterocycles. The third-order valence-corrected chi connectivity index (χ3v) is 3.18. The summed E-state index contributed by atoms with van der Waals surface area (Å²) in [4.78, 5) is 20.6. The molecule has 0 aromatic carbocycles. The Hall–Kier alpha value is -2.43. The second kappa shape index (κ2) is 5.69. The largest absolute Gasteiger partial charge is 0.496 e. The summed E-state index contributed by atoms with van der Waals surface area (Å²) in [6.07, 6.45) is 3.42. The van der Waals surface area contributed by atoms with E-state index in [0.29, 0.717) is 11.4 Å². The molecule has 2 aromatic rings. The number of pyridine rings is 2. The molecule has 2 aromatic heterocycles. The predicted octanol–water partition coefficient (Wildman–Crippen LogP) is 2.11. The van der Waals surface area contributed by atoms with Crippen molar-refractivity contribution >= 4 is 11.5 Å². The first-order chi connectivity index (χ1) is 9.54. The highest BCUT2D eigenvalue weighted by molar-refractivity contribution is 5.99. The van der Waals surface area contributed by atoms with E-state index in [0.717, 1.165) is 16.9 Å². The van der Waals surface area contributed by atoms with Gasteiger partial charge in [-0.05, 0) is 26.0 Å². The number of aromatic nitrogens is 2. The zero-order valence-electron chi connectivity index (χ0n) is 11.8. The summed E-state index contributed by atoms with van der Waals surface area (Å²) < 4.78 is 5.34. The maximum Gasteiger partial charge on any atom is 0.189 e. The van der Waals surface area contributed by atoms with Gasteiger partial charge in [-0.25, -0.2) is 0 Å². The maximum atomic E-state index is 12.2. The van der Waals surface area contributed by atoms with Crippen molar-refractivity contribution in [3.8, 4) is 5.75 Å². The summed E-state index contributed by atoms with van der Waals surface area (Å²) in [5.74, 6) is 0.612. The second-order valence-corrected chi connectivity index (χ2v) is 4.59. The van der Waals surface area contributed by atoms with E-state index in [4.69, 9.17) is 10.5 Å². The number of aryl methyl sites for hydroxylation is 1. The number of hydrogen-bond acceptors (Lipinski definition) is 5. The van der Waals surface area contributed by atoms with Gasteiger partial charge in [0.25, 0.3) is 0 Å². The molecule has 0 radical (unpaired) electrons. The first-order valence-corrected chi connectivity index (χ1v) is 6.27. The molecule has 0 spiro atoms. The van der Waals surface area contributed by atoms with E-state index in [1.807, 2.05) is 13.8 Å². The monoisotopic (exact) mass is 271 g/mol. The van der Waals surface area contributed by atoms with Crippen LogP contribution in [0.3, 0.4) is 0 Å². The topological polar surface area (TPSA) is 78.1 Å². The second-order valence-electron chi connectivity index (χ2n) is 4.59. The van der Waals surface area contributed by atoms with Gasteiger partial charge in [-0.1, -0.05) is 0 Å². The van der Waals surface area contributed by atoms with Crippen LogP contribution in [-0.4, -0.2) is 22.9 Å². The highest BCUT2D eigenvalue weighted by Gasteiger charge is 2.16. The molecule has 0 amide bonds. The minimum Gasteiger partial charge on any atom is -0.496 e. The molecule has 0 aliphatic rings. The highest BCUT2D eigenvalue weighted by Crippen LogP contribution is 2.25. The molecule has 0 bridgehead atoms. The van der Waals surface area contributed by atoms with Gasteiger partial charge in [0.1, 0.15) is 11.4 Å². The van der Waals surface area contributed by atoms with Crippen LogP contribution in [0.25, 0.3) is 0 Å². The van der Waals surface area contributed by atoms with Crippen molar-refractivity contribution in [3.05, 3.63) is 47.0 Å². The van der Waals surface area contributed by atoms with E-state index < -0.39 is 0 Å². The molecule has 0 atom stereocenters. The Morgan fingerprint density at radius 3 is 2.75 bits per heavy atom. The van der Waals surface area contributed by atoms with Crippen LogP contribution in [-0.2, 0) is 6.42 Å². The lowest BCUT2D eigenvalue weighted by Crippen LogP contribution is -2.11. The summed E-state index contributed by atoms with van der Waals surface area (Å²) in [7, 11) is 1.61. The quantitative estimate of drug-likeness (QED) is 0.862. The number of carbonyl (C=O) groups excluding carboxylic acids is 1. The normalized spacial score (nSPS) is 10.3. The predicted molar refractivity (Wildman–Crippen MR) is 76.9 cm³/mol. The molecular formula is C15H17N3O2. The van der Waals surface area contributed by atoms with Crippen LogP contribution in [0.4, 0.5) is 5.69 Å². The summed E-state index contributed by atoms with van der Waals surface area (Å²) in [5.41, 5.74) is 8.93. The molecule has 0 aliphatic heterocycles. The number of nitrogens with zero attached hydrogens (tertiary/aromatic N) is 2. The van der Waals surface area contributed by atoms with E-state index in [9.17, 15) is 4.79 Å². The Bertz CT molecular complexity index is 654. The maximum absolute atomic E-state index is 12.2. The summed E-state index contributed by atoms with van der Waals surface area (Å²) in [6, 6.07) is 3.36. The van der Waals surface area contributed by atoms with Crippen LogP contribution in [0.5, 0.6) is 5.75 Å². The zero-order valence-corrected chi connectivity index (χ0v) is 11.8. The van der Waals surface area contributed by atoms with Gasteiger partial charge in [0.2, 0.25) is 0 Å². The number of nitrogens with two attached hydrogens (primary N) is 1. The molecule has 0 saturated carbocycles. The Balaban J connectivity index is 2.32. The number of hydrogen-bond donors (Lipinski definition) is 1. The van der Waals surface area contributed by atoms with Crippen molar-refractivity contribution in [2.24, 2.45) is 0 Å². The lowest BCUT2D eigenvalue weighted by molar-refractivity contribution is 0.0988. The molecule has 0 aliphatic carbocycles. The van der Waals surface area contributed by atoms with Gasteiger partial charge in [0.05, 0.1) is 24.9 Å². The van der Waals surface area contributed by atoms with Crippen LogP contribution < -0.4 is 10.5 Å². The number of rotatable bonds is 4. The highest BCUT2D eigenvalue weighted by atomic mass is 16.5. The molecule has 5 heteroatoms. The number of Topliss-reactive ketones (excluding diaryl/α,β-unsaturated/α-hetero) is 1. The molecule has 2 rings (SSSR count). The molecule has 0 unspecified atom stereocenters.